The van der Waals surface area contributed by atoms with Crippen LogP contribution in [0.15, 0.2) is 12.2 Å². The summed E-state index contributed by atoms with van der Waals surface area (Å²) in [5, 5.41) is 9.73. The van der Waals surface area contributed by atoms with Crippen molar-refractivity contribution >= 4 is 5.97 Å². The molecule has 0 aromatic rings. The number of fused-ring (bicyclic) bond motifs is 5. The van der Waals surface area contributed by atoms with Crippen molar-refractivity contribution in [1.82, 2.24) is 0 Å². The average Bonchev–Trinajstić information content (AvgIpc) is 3.29. The summed E-state index contributed by atoms with van der Waals surface area (Å²) < 4.78 is 5.29. The van der Waals surface area contributed by atoms with E-state index >= 15 is 0 Å². The highest BCUT2D eigenvalue weighted by Gasteiger charge is 2.60. The molecule has 3 heteroatoms. The van der Waals surface area contributed by atoms with E-state index in [1.165, 1.54) is 89.9 Å². The van der Waals surface area contributed by atoms with Crippen molar-refractivity contribution in [2.45, 2.75) is 144 Å². The summed E-state index contributed by atoms with van der Waals surface area (Å²) in [7, 11) is 0. The summed E-state index contributed by atoms with van der Waals surface area (Å²) in [4.78, 5) is 11.7. The van der Waals surface area contributed by atoms with Gasteiger partial charge in [0, 0.05) is 18.1 Å². The lowest BCUT2D eigenvalue weighted by Crippen LogP contribution is -2.53. The zero-order valence-corrected chi connectivity index (χ0v) is 27.9. The van der Waals surface area contributed by atoms with Gasteiger partial charge in [0.2, 0.25) is 0 Å². The molecule has 4 rings (SSSR count). The van der Waals surface area contributed by atoms with Gasteiger partial charge in [0.1, 0.15) is 0 Å². The highest BCUT2D eigenvalue weighted by molar-refractivity contribution is 5.86. The molecule has 4 unspecified atom stereocenters. The van der Waals surface area contributed by atoms with Gasteiger partial charge < -0.3 is 9.84 Å². The van der Waals surface area contributed by atoms with Gasteiger partial charge in [-0.1, -0.05) is 79.7 Å². The Balaban J connectivity index is 1.25. The number of rotatable bonds is 14. The lowest BCUT2D eigenvalue weighted by molar-refractivity contribution is -0.140. The van der Waals surface area contributed by atoms with Crippen LogP contribution in [0.5, 0.6) is 0 Å². The summed E-state index contributed by atoms with van der Waals surface area (Å²) in [5.74, 6) is 7.20. The number of carbonyl (C=O) groups is 1. The Morgan fingerprint density at radius 3 is 2.34 bits per heavy atom. The minimum atomic E-state index is -0.342. The predicted molar refractivity (Wildman–Crippen MR) is 171 cm³/mol. The average molecular weight is 571 g/mol. The number of unbranched alkanes of at least 4 members (excludes halogenated alkanes) is 1. The first-order chi connectivity index (χ1) is 19.5. The second-order valence-corrected chi connectivity index (χ2v) is 16.5. The molecule has 0 saturated heterocycles. The molecule has 0 aliphatic heterocycles. The molecular formula is C38H66O3. The summed E-state index contributed by atoms with van der Waals surface area (Å²) >= 11 is 0. The molecule has 4 aliphatic carbocycles. The Morgan fingerprint density at radius 2 is 1.63 bits per heavy atom. The van der Waals surface area contributed by atoms with Gasteiger partial charge in [-0.3, -0.25) is 0 Å². The molecule has 0 bridgehead atoms. The molecule has 0 aromatic carbocycles. The number of hydrogen-bond acceptors (Lipinski definition) is 3. The second-order valence-electron chi connectivity index (χ2n) is 16.5. The van der Waals surface area contributed by atoms with Gasteiger partial charge in [0.25, 0.3) is 0 Å². The van der Waals surface area contributed by atoms with Crippen molar-refractivity contribution in [2.75, 3.05) is 13.2 Å². The number of carbonyl (C=O) groups excluding carboxylic acids is 1. The van der Waals surface area contributed by atoms with Crippen molar-refractivity contribution in [3.63, 3.8) is 0 Å². The SMILES string of the molecule is C=C(C)C(=O)OCC(CO)CCCC[C@H]1CC[C@@]2(C)C(CC[C@@H]3C2CC[C@@]2(C)C3CC[C@@H]2[C@H](C)CCCC(C)C)C1. The molecule has 0 spiro atoms. The van der Waals surface area contributed by atoms with Gasteiger partial charge in [-0.2, -0.15) is 0 Å². The maximum Gasteiger partial charge on any atom is 0.333 e. The van der Waals surface area contributed by atoms with E-state index in [-0.39, 0.29) is 18.5 Å². The molecule has 10 atom stereocenters. The number of aliphatic hydroxyl groups is 1. The van der Waals surface area contributed by atoms with E-state index in [0.29, 0.717) is 23.0 Å². The molecule has 236 valence electrons. The molecule has 0 heterocycles. The zero-order valence-electron chi connectivity index (χ0n) is 27.9. The Hall–Kier alpha value is -0.830. The lowest BCUT2D eigenvalue weighted by Gasteiger charge is -2.61. The Morgan fingerprint density at radius 1 is 0.902 bits per heavy atom. The van der Waals surface area contributed by atoms with Crippen LogP contribution < -0.4 is 0 Å². The van der Waals surface area contributed by atoms with E-state index < -0.39 is 0 Å². The lowest BCUT2D eigenvalue weighted by atomic mass is 9.44. The van der Waals surface area contributed by atoms with Crippen LogP contribution in [0.1, 0.15) is 144 Å². The number of aliphatic hydroxyl groups excluding tert-OH is 1. The monoisotopic (exact) mass is 571 g/mol. The molecule has 3 nitrogen and oxygen atoms in total. The van der Waals surface area contributed by atoms with Crippen LogP contribution in [0.2, 0.25) is 0 Å². The number of ether oxygens (including phenoxy) is 1. The van der Waals surface area contributed by atoms with Crippen molar-refractivity contribution in [3.05, 3.63) is 12.2 Å². The minimum absolute atomic E-state index is 0.0541. The molecule has 0 aromatic heterocycles. The van der Waals surface area contributed by atoms with Gasteiger partial charge in [-0.25, -0.2) is 4.79 Å². The molecular weight excluding hydrogens is 504 g/mol. The van der Waals surface area contributed by atoms with Gasteiger partial charge in [-0.15, -0.1) is 0 Å². The zero-order chi connectivity index (χ0) is 29.8. The maximum atomic E-state index is 11.7. The normalized spacial score (nSPS) is 38.0. The first kappa shape index (κ1) is 33.1. The van der Waals surface area contributed by atoms with Gasteiger partial charge >= 0.3 is 5.97 Å². The minimum Gasteiger partial charge on any atom is -0.462 e. The third kappa shape index (κ3) is 7.46. The van der Waals surface area contributed by atoms with Crippen LogP contribution >= 0.6 is 0 Å². The van der Waals surface area contributed by atoms with Crippen LogP contribution in [0.3, 0.4) is 0 Å². The summed E-state index contributed by atoms with van der Waals surface area (Å²) in [6.07, 6.45) is 22.3. The maximum absolute atomic E-state index is 11.7. The molecule has 4 aliphatic rings. The fourth-order valence-electron chi connectivity index (χ4n) is 11.0. The van der Waals surface area contributed by atoms with Gasteiger partial charge in [-0.05, 0) is 129 Å². The van der Waals surface area contributed by atoms with Crippen molar-refractivity contribution in [3.8, 4) is 0 Å². The Labute approximate surface area is 254 Å². The highest BCUT2D eigenvalue weighted by Crippen LogP contribution is 2.68. The van der Waals surface area contributed by atoms with E-state index in [1.807, 2.05) is 0 Å². The van der Waals surface area contributed by atoms with Crippen LogP contribution in [0.4, 0.5) is 0 Å². The first-order valence-electron chi connectivity index (χ1n) is 17.9. The largest absolute Gasteiger partial charge is 0.462 e. The van der Waals surface area contributed by atoms with Gasteiger partial charge in [0.05, 0.1) is 6.61 Å². The van der Waals surface area contributed by atoms with Crippen molar-refractivity contribution < 1.29 is 14.6 Å². The van der Waals surface area contributed by atoms with E-state index in [9.17, 15) is 9.90 Å². The highest BCUT2D eigenvalue weighted by atomic mass is 16.5. The molecule has 0 radical (unpaired) electrons. The fraction of sp³-hybridized carbons (Fsp3) is 0.921. The molecule has 4 saturated carbocycles. The topological polar surface area (TPSA) is 46.5 Å². The summed E-state index contributed by atoms with van der Waals surface area (Å²) in [6, 6.07) is 0. The van der Waals surface area contributed by atoms with Gasteiger partial charge in [0.15, 0.2) is 0 Å². The van der Waals surface area contributed by atoms with E-state index in [0.717, 1.165) is 60.2 Å². The third-order valence-electron chi connectivity index (χ3n) is 13.5. The van der Waals surface area contributed by atoms with E-state index in [1.54, 1.807) is 6.92 Å². The standard InChI is InChI=1S/C38H66O3/c1-26(2)11-10-12-28(5)33-17-18-34-32-16-15-31-23-29(19-21-37(31,6)35(32)20-22-38(33,34)7)13-8-9-14-30(24-39)25-41-36(40)27(3)4/h26,28-35,39H,3,8-25H2,1-2,4-7H3/t28-,29+,30?,31?,32+,33-,34?,35?,37+,38-/m1/s1. The second kappa shape index (κ2) is 14.3. The smallest absolute Gasteiger partial charge is 0.333 e. The third-order valence-corrected chi connectivity index (χ3v) is 13.5. The fourth-order valence-corrected chi connectivity index (χ4v) is 11.0. The number of hydrogen-bond donors (Lipinski definition) is 1. The van der Waals surface area contributed by atoms with E-state index in [4.69, 9.17) is 4.74 Å². The number of esters is 1. The Bertz CT molecular complexity index is 864. The van der Waals surface area contributed by atoms with Crippen LogP contribution in [0.25, 0.3) is 0 Å². The molecule has 4 fully saturated rings. The predicted octanol–water partition coefficient (Wildman–Crippen LogP) is 10.0. The van der Waals surface area contributed by atoms with Crippen molar-refractivity contribution in [2.24, 2.45) is 64.1 Å². The summed E-state index contributed by atoms with van der Waals surface area (Å²) in [6.45, 7) is 18.5. The van der Waals surface area contributed by atoms with Crippen molar-refractivity contribution in [1.29, 1.82) is 0 Å². The van der Waals surface area contributed by atoms with Crippen LogP contribution in [0, 0.1) is 64.1 Å². The quantitative estimate of drug-likeness (QED) is 0.128. The first-order valence-corrected chi connectivity index (χ1v) is 17.9. The molecule has 1 N–H and O–H groups in total. The van der Waals surface area contributed by atoms with Crippen LogP contribution in [-0.2, 0) is 9.53 Å². The molecule has 41 heavy (non-hydrogen) atoms. The van der Waals surface area contributed by atoms with E-state index in [2.05, 4.69) is 41.2 Å². The van der Waals surface area contributed by atoms with Crippen LogP contribution in [-0.4, -0.2) is 24.3 Å². The summed E-state index contributed by atoms with van der Waals surface area (Å²) in [5.41, 5.74) is 1.61. The Kier molecular flexibility index (Phi) is 11.5. The molecule has 0 amide bonds.